The van der Waals surface area contributed by atoms with E-state index >= 15 is 0 Å². The van der Waals surface area contributed by atoms with Gasteiger partial charge in [-0.3, -0.25) is 0 Å². The molecule has 0 bridgehead atoms. The molecule has 0 fully saturated rings. The monoisotopic (exact) mass is 513 g/mol. The fraction of sp³-hybridized carbons (Fsp3) is 1.00. The topological polar surface area (TPSA) is 0 Å². The van der Waals surface area contributed by atoms with Crippen molar-refractivity contribution >= 4 is 7.26 Å². The van der Waals surface area contributed by atoms with Crippen molar-refractivity contribution in [2.75, 3.05) is 24.6 Å². The van der Waals surface area contributed by atoms with E-state index in [1.54, 1.807) is 43.9 Å². The van der Waals surface area contributed by atoms with Crippen LogP contribution in [-0.2, 0) is 0 Å². The second kappa shape index (κ2) is 29.0. The Labute approximate surface area is 226 Å². The third-order valence-corrected chi connectivity index (χ3v) is 14.4. The van der Waals surface area contributed by atoms with Gasteiger partial charge in [-0.25, -0.2) is 0 Å². The summed E-state index contributed by atoms with van der Waals surface area (Å²) in [6.07, 6.45) is 45.3. The summed E-state index contributed by atoms with van der Waals surface area (Å²) in [4.78, 5) is 0. The van der Waals surface area contributed by atoms with Gasteiger partial charge in [-0.05, 0) is 0 Å². The van der Waals surface area contributed by atoms with Gasteiger partial charge in [-0.1, -0.05) is 0 Å². The van der Waals surface area contributed by atoms with Crippen molar-refractivity contribution in [3.63, 3.8) is 0 Å². The van der Waals surface area contributed by atoms with Crippen LogP contribution >= 0.6 is 7.26 Å². The third-order valence-electron chi connectivity index (χ3n) is 8.74. The van der Waals surface area contributed by atoms with E-state index in [-0.39, 0.29) is 0 Å². The molecule has 0 aliphatic carbocycles. The van der Waals surface area contributed by atoms with Crippen LogP contribution in [0.15, 0.2) is 0 Å². The first-order valence-corrected chi connectivity index (χ1v) is 20.1. The molecule has 1 heteroatoms. The predicted molar refractivity (Wildman–Crippen MR) is 171 cm³/mol. The number of rotatable bonds is 30. The Morgan fingerprint density at radius 1 is 0.229 bits per heavy atom. The molecular formula is C34H73P. The van der Waals surface area contributed by atoms with E-state index < -0.39 is 7.26 Å². The fourth-order valence-electron chi connectivity index (χ4n) is 6.20. The average Bonchev–Trinajstić information content (AvgIpc) is 2.87. The molecule has 0 aromatic rings. The molecule has 0 amide bonds. The van der Waals surface area contributed by atoms with E-state index in [0.29, 0.717) is 0 Å². The van der Waals surface area contributed by atoms with Crippen molar-refractivity contribution in [2.45, 2.75) is 195 Å². The summed E-state index contributed by atoms with van der Waals surface area (Å²) in [5.41, 5.74) is 0. The molecule has 0 aliphatic rings. The molecule has 214 valence electrons. The number of hydrogen-bond acceptors (Lipinski definition) is 0. The van der Waals surface area contributed by atoms with Crippen molar-refractivity contribution in [3.8, 4) is 0 Å². The minimum absolute atomic E-state index is 1.06. The van der Waals surface area contributed by atoms with Crippen LogP contribution in [-0.4, -0.2) is 24.6 Å². The van der Waals surface area contributed by atoms with Gasteiger partial charge in [0.2, 0.25) is 0 Å². The SMILES string of the molecule is CCCCCCCCCC[PH](CCCC)(CCCCCCCCCC)CCCCCCCCCC. The molecule has 0 saturated carbocycles. The Bertz CT molecular complexity index is 326. The maximum absolute atomic E-state index is 2.43. The number of hydrogen-bond donors (Lipinski definition) is 0. The van der Waals surface area contributed by atoms with Crippen molar-refractivity contribution < 1.29 is 0 Å². The summed E-state index contributed by atoms with van der Waals surface area (Å²) < 4.78 is 0. The maximum atomic E-state index is 2.43. The Morgan fingerprint density at radius 3 is 0.686 bits per heavy atom. The molecule has 0 spiro atoms. The summed E-state index contributed by atoms with van der Waals surface area (Å²) >= 11 is 0. The molecule has 0 N–H and O–H groups in total. The van der Waals surface area contributed by atoms with Gasteiger partial charge in [0.05, 0.1) is 0 Å². The van der Waals surface area contributed by atoms with Crippen LogP contribution in [0.25, 0.3) is 0 Å². The molecule has 0 aromatic heterocycles. The van der Waals surface area contributed by atoms with Gasteiger partial charge < -0.3 is 0 Å². The molecule has 0 aromatic carbocycles. The van der Waals surface area contributed by atoms with E-state index in [9.17, 15) is 0 Å². The second-order valence-corrected chi connectivity index (χ2v) is 17.3. The van der Waals surface area contributed by atoms with E-state index in [0.717, 1.165) is 0 Å². The van der Waals surface area contributed by atoms with Crippen LogP contribution < -0.4 is 0 Å². The summed E-state index contributed by atoms with van der Waals surface area (Å²) in [5.74, 6) is 0. The van der Waals surface area contributed by atoms with Gasteiger partial charge in [0.25, 0.3) is 0 Å². The minimum atomic E-state index is -1.06. The molecule has 0 rings (SSSR count). The van der Waals surface area contributed by atoms with E-state index in [4.69, 9.17) is 0 Å². The van der Waals surface area contributed by atoms with Gasteiger partial charge in [0.1, 0.15) is 0 Å². The zero-order valence-corrected chi connectivity index (χ0v) is 26.7. The molecule has 0 unspecified atom stereocenters. The zero-order chi connectivity index (χ0) is 25.7. The molecule has 35 heavy (non-hydrogen) atoms. The summed E-state index contributed by atoms with van der Waals surface area (Å²) in [6, 6.07) is 0. The Hall–Kier alpha value is 0.430. The second-order valence-electron chi connectivity index (χ2n) is 12.3. The summed E-state index contributed by atoms with van der Waals surface area (Å²) in [7, 11) is -1.06. The Balaban J connectivity index is 4.50. The summed E-state index contributed by atoms with van der Waals surface area (Å²) in [6.45, 7) is 9.43. The first-order chi connectivity index (χ1) is 17.2. The first kappa shape index (κ1) is 35.4. The molecular weight excluding hydrogens is 439 g/mol. The quantitative estimate of drug-likeness (QED) is 0.0663. The summed E-state index contributed by atoms with van der Waals surface area (Å²) in [5, 5.41) is 0. The number of unbranched alkanes of at least 4 members (excludes halogenated alkanes) is 22. The molecule has 0 atom stereocenters. The van der Waals surface area contributed by atoms with E-state index in [1.807, 2.05) is 0 Å². The Morgan fingerprint density at radius 2 is 0.429 bits per heavy atom. The van der Waals surface area contributed by atoms with Gasteiger partial charge >= 0.3 is 227 Å². The van der Waals surface area contributed by atoms with E-state index in [2.05, 4.69) is 27.7 Å². The zero-order valence-electron chi connectivity index (χ0n) is 25.7. The molecule has 0 heterocycles. The predicted octanol–water partition coefficient (Wildman–Crippen LogP) is 13.0. The molecule has 0 radical (unpaired) electrons. The first-order valence-electron chi connectivity index (χ1n) is 17.2. The van der Waals surface area contributed by atoms with Crippen LogP contribution in [0.3, 0.4) is 0 Å². The third kappa shape index (κ3) is 24.5. The fourth-order valence-corrected chi connectivity index (χ4v) is 11.8. The molecule has 0 aliphatic heterocycles. The van der Waals surface area contributed by atoms with Crippen molar-refractivity contribution in [3.05, 3.63) is 0 Å². The molecule has 0 saturated heterocycles. The van der Waals surface area contributed by atoms with Crippen molar-refractivity contribution in [1.82, 2.24) is 0 Å². The van der Waals surface area contributed by atoms with Gasteiger partial charge in [0.15, 0.2) is 0 Å². The normalized spacial score (nSPS) is 12.5. The van der Waals surface area contributed by atoms with Crippen LogP contribution in [0.5, 0.6) is 0 Å². The van der Waals surface area contributed by atoms with E-state index in [1.165, 1.54) is 148 Å². The molecule has 0 nitrogen and oxygen atoms in total. The van der Waals surface area contributed by atoms with Gasteiger partial charge in [-0.2, -0.15) is 0 Å². The van der Waals surface area contributed by atoms with Crippen LogP contribution in [0.2, 0.25) is 0 Å². The van der Waals surface area contributed by atoms with Crippen LogP contribution in [0, 0.1) is 0 Å². The Kier molecular flexibility index (Phi) is 29.3. The standard InChI is InChI=1S/C34H73P/c1-5-9-13-16-19-22-25-28-32-35(31-12-8-4,33-29-26-23-20-17-14-10-6-2)34-30-27-24-21-18-15-11-7-3/h35H,5-34H2,1-4H3. The van der Waals surface area contributed by atoms with Crippen LogP contribution in [0.1, 0.15) is 195 Å². The average molecular weight is 513 g/mol. The van der Waals surface area contributed by atoms with Gasteiger partial charge in [0, 0.05) is 0 Å². The van der Waals surface area contributed by atoms with Gasteiger partial charge in [-0.15, -0.1) is 0 Å². The van der Waals surface area contributed by atoms with Crippen molar-refractivity contribution in [1.29, 1.82) is 0 Å². The van der Waals surface area contributed by atoms with Crippen molar-refractivity contribution in [2.24, 2.45) is 0 Å². The van der Waals surface area contributed by atoms with Crippen LogP contribution in [0.4, 0.5) is 0 Å².